The van der Waals surface area contributed by atoms with Crippen LogP contribution >= 0.6 is 0 Å². The van der Waals surface area contributed by atoms with Crippen molar-refractivity contribution in [3.63, 3.8) is 0 Å². The predicted molar refractivity (Wildman–Crippen MR) is 129 cm³/mol. The molecule has 4 nitrogen and oxygen atoms in total. The second kappa shape index (κ2) is 11.3. The molecule has 0 heterocycles. The molecular formula is C27H38N2O2. The Hall–Kier alpha value is -2.33. The van der Waals surface area contributed by atoms with Gasteiger partial charge in [0.15, 0.2) is 0 Å². The normalized spacial score (nSPS) is 15.6. The first kappa shape index (κ1) is 23.3. The summed E-state index contributed by atoms with van der Waals surface area (Å²) in [7, 11) is 5.87. The quantitative estimate of drug-likeness (QED) is 0.576. The second-order valence-electron chi connectivity index (χ2n) is 9.10. The number of nitrogens with zero attached hydrogens (tertiary/aromatic N) is 1. The lowest BCUT2D eigenvalue weighted by molar-refractivity contribution is 0.0920. The third kappa shape index (κ3) is 6.33. The Balaban J connectivity index is 1.78. The van der Waals surface area contributed by atoms with Gasteiger partial charge in [-0.15, -0.1) is 0 Å². The number of benzene rings is 2. The van der Waals surface area contributed by atoms with E-state index in [4.69, 9.17) is 4.74 Å². The number of likely N-dealkylation sites (N-methyl/N-ethyl adjacent to an activating group) is 1. The van der Waals surface area contributed by atoms with Crippen LogP contribution < -0.4 is 10.1 Å². The van der Waals surface area contributed by atoms with E-state index in [1.54, 1.807) is 7.11 Å². The first-order valence-electron chi connectivity index (χ1n) is 11.7. The van der Waals surface area contributed by atoms with Crippen molar-refractivity contribution < 1.29 is 9.53 Å². The van der Waals surface area contributed by atoms with Crippen LogP contribution in [0.1, 0.15) is 61.4 Å². The minimum Gasteiger partial charge on any atom is -0.496 e. The highest BCUT2D eigenvalue weighted by atomic mass is 16.5. The van der Waals surface area contributed by atoms with E-state index in [1.807, 2.05) is 24.3 Å². The number of hydrogen-bond acceptors (Lipinski definition) is 3. The van der Waals surface area contributed by atoms with E-state index < -0.39 is 0 Å². The van der Waals surface area contributed by atoms with Crippen molar-refractivity contribution >= 4 is 5.91 Å². The van der Waals surface area contributed by atoms with Crippen molar-refractivity contribution in [1.82, 2.24) is 10.2 Å². The van der Waals surface area contributed by atoms with Crippen LogP contribution in [0.25, 0.3) is 11.1 Å². The van der Waals surface area contributed by atoms with Gasteiger partial charge >= 0.3 is 0 Å². The zero-order valence-corrected chi connectivity index (χ0v) is 19.6. The number of carbonyl (C=O) groups excluding carboxylic acids is 1. The Bertz CT molecular complexity index is 856. The lowest BCUT2D eigenvalue weighted by atomic mass is 9.84. The highest BCUT2D eigenvalue weighted by Gasteiger charge is 2.22. The van der Waals surface area contributed by atoms with Crippen LogP contribution in [0.15, 0.2) is 42.5 Å². The van der Waals surface area contributed by atoms with Gasteiger partial charge in [0.05, 0.1) is 7.11 Å². The van der Waals surface area contributed by atoms with Crippen molar-refractivity contribution in [2.75, 3.05) is 27.7 Å². The summed E-state index contributed by atoms with van der Waals surface area (Å²) in [5, 5.41) is 3.33. The van der Waals surface area contributed by atoms with Crippen molar-refractivity contribution in [1.29, 1.82) is 0 Å². The van der Waals surface area contributed by atoms with Crippen LogP contribution in [-0.4, -0.2) is 44.6 Å². The number of hydrogen-bond donors (Lipinski definition) is 1. The Morgan fingerprint density at radius 3 is 2.55 bits per heavy atom. The molecular weight excluding hydrogens is 384 g/mol. The average molecular weight is 423 g/mol. The fourth-order valence-electron chi connectivity index (χ4n) is 4.87. The maximum atomic E-state index is 13.2. The number of nitrogens with one attached hydrogen (secondary N) is 1. The smallest absolute Gasteiger partial charge is 0.251 e. The number of carbonyl (C=O) groups is 1. The topological polar surface area (TPSA) is 41.6 Å². The summed E-state index contributed by atoms with van der Waals surface area (Å²) in [6.45, 7) is 3.00. The summed E-state index contributed by atoms with van der Waals surface area (Å²) in [6, 6.07) is 14.3. The molecule has 1 atom stereocenters. The summed E-state index contributed by atoms with van der Waals surface area (Å²) < 4.78 is 5.71. The van der Waals surface area contributed by atoms with E-state index in [1.165, 1.54) is 37.7 Å². The van der Waals surface area contributed by atoms with Gasteiger partial charge in [-0.2, -0.15) is 0 Å². The molecule has 0 aromatic heterocycles. The molecule has 2 aromatic rings. The zero-order valence-electron chi connectivity index (χ0n) is 19.6. The molecule has 0 radical (unpaired) electrons. The van der Waals surface area contributed by atoms with E-state index in [-0.39, 0.29) is 11.9 Å². The number of aryl methyl sites for hydroxylation is 1. The molecule has 0 saturated heterocycles. The lowest BCUT2D eigenvalue weighted by Crippen LogP contribution is -2.43. The van der Waals surface area contributed by atoms with Gasteiger partial charge in [-0.05, 0) is 56.1 Å². The maximum Gasteiger partial charge on any atom is 0.251 e. The molecule has 168 valence electrons. The minimum absolute atomic E-state index is 0.00937. The first-order valence-corrected chi connectivity index (χ1v) is 11.7. The van der Waals surface area contributed by atoms with Gasteiger partial charge in [-0.3, -0.25) is 4.79 Å². The van der Waals surface area contributed by atoms with E-state index in [0.717, 1.165) is 42.2 Å². The van der Waals surface area contributed by atoms with Crippen LogP contribution in [0, 0.1) is 5.92 Å². The predicted octanol–water partition coefficient (Wildman–Crippen LogP) is 5.56. The largest absolute Gasteiger partial charge is 0.496 e. The van der Waals surface area contributed by atoms with E-state index in [0.29, 0.717) is 5.56 Å². The second-order valence-corrected chi connectivity index (χ2v) is 9.10. The standard InChI is InChI=1S/C27H38N2O2/c1-5-21-13-10-16-25(26(21)31-4)22-14-9-15-23(18-22)27(30)28-24(19-29(2)3)17-20-11-7-6-8-12-20/h9-10,13-16,18,20,24H,5-8,11-12,17,19H2,1-4H3,(H,28,30)/t24-/m0/s1. The highest BCUT2D eigenvalue weighted by Crippen LogP contribution is 2.34. The van der Waals surface area contributed by atoms with Crippen LogP contribution in [0.2, 0.25) is 0 Å². The molecule has 0 bridgehead atoms. The van der Waals surface area contributed by atoms with Crippen molar-refractivity contribution in [3.05, 3.63) is 53.6 Å². The monoisotopic (exact) mass is 422 g/mol. The van der Waals surface area contributed by atoms with Gasteiger partial charge in [0.1, 0.15) is 5.75 Å². The van der Waals surface area contributed by atoms with Gasteiger partial charge in [0.2, 0.25) is 0 Å². The molecule has 0 unspecified atom stereocenters. The number of rotatable bonds is 9. The SMILES string of the molecule is CCc1cccc(-c2cccc(C(=O)N[C@@H](CC3CCCCC3)CN(C)C)c2)c1OC. The van der Waals surface area contributed by atoms with Crippen LogP contribution in [0.4, 0.5) is 0 Å². The summed E-state index contributed by atoms with van der Waals surface area (Å²) in [6.07, 6.45) is 8.57. The number of ether oxygens (including phenoxy) is 1. The van der Waals surface area contributed by atoms with Crippen LogP contribution in [0.3, 0.4) is 0 Å². The summed E-state index contributed by atoms with van der Waals surface area (Å²) in [5.41, 5.74) is 3.92. The molecule has 0 aliphatic heterocycles. The van der Waals surface area contributed by atoms with Crippen molar-refractivity contribution in [2.45, 2.75) is 57.9 Å². The first-order chi connectivity index (χ1) is 15.0. The summed E-state index contributed by atoms with van der Waals surface area (Å²) >= 11 is 0. The molecule has 1 aliphatic rings. The van der Waals surface area contributed by atoms with Gasteiger partial charge in [-0.1, -0.05) is 69.4 Å². The fraction of sp³-hybridized carbons (Fsp3) is 0.519. The maximum absolute atomic E-state index is 13.2. The Kier molecular flexibility index (Phi) is 8.53. The lowest BCUT2D eigenvalue weighted by Gasteiger charge is -2.29. The van der Waals surface area contributed by atoms with Crippen molar-refractivity contribution in [2.24, 2.45) is 5.92 Å². The molecule has 3 rings (SSSR count). The van der Waals surface area contributed by atoms with E-state index >= 15 is 0 Å². The number of methoxy groups -OCH3 is 1. The average Bonchev–Trinajstić information content (AvgIpc) is 2.78. The molecule has 1 saturated carbocycles. The van der Waals surface area contributed by atoms with Gasteiger partial charge < -0.3 is 15.0 Å². The number of para-hydroxylation sites is 1. The number of amides is 1. The fourth-order valence-corrected chi connectivity index (χ4v) is 4.87. The third-order valence-electron chi connectivity index (χ3n) is 6.38. The molecule has 31 heavy (non-hydrogen) atoms. The molecule has 1 N–H and O–H groups in total. The summed E-state index contributed by atoms with van der Waals surface area (Å²) in [4.78, 5) is 15.4. The molecule has 2 aromatic carbocycles. The summed E-state index contributed by atoms with van der Waals surface area (Å²) in [5.74, 6) is 1.63. The van der Waals surface area contributed by atoms with E-state index in [2.05, 4.69) is 49.4 Å². The van der Waals surface area contributed by atoms with Gasteiger partial charge in [0.25, 0.3) is 5.91 Å². The van der Waals surface area contributed by atoms with Gasteiger partial charge in [0, 0.05) is 23.7 Å². The Morgan fingerprint density at radius 1 is 1.13 bits per heavy atom. The Labute approximate surface area is 188 Å². The molecule has 0 spiro atoms. The van der Waals surface area contributed by atoms with Crippen molar-refractivity contribution in [3.8, 4) is 16.9 Å². The molecule has 4 heteroatoms. The molecule has 1 fully saturated rings. The minimum atomic E-state index is 0.00937. The third-order valence-corrected chi connectivity index (χ3v) is 6.38. The van der Waals surface area contributed by atoms with Gasteiger partial charge in [-0.25, -0.2) is 0 Å². The van der Waals surface area contributed by atoms with E-state index in [9.17, 15) is 4.79 Å². The van der Waals surface area contributed by atoms with Crippen LogP contribution in [-0.2, 0) is 6.42 Å². The zero-order chi connectivity index (χ0) is 22.2. The molecule has 1 amide bonds. The highest BCUT2D eigenvalue weighted by molar-refractivity contribution is 5.96. The molecule has 1 aliphatic carbocycles. The van der Waals surface area contributed by atoms with Crippen LogP contribution in [0.5, 0.6) is 5.75 Å². The Morgan fingerprint density at radius 2 is 1.87 bits per heavy atom.